The summed E-state index contributed by atoms with van der Waals surface area (Å²) in [6.07, 6.45) is 1.17. The second-order valence-corrected chi connectivity index (χ2v) is 5.00. The number of methoxy groups -OCH3 is 1. The van der Waals surface area contributed by atoms with Gasteiger partial charge in [0.25, 0.3) is 5.91 Å². The summed E-state index contributed by atoms with van der Waals surface area (Å²) in [5.41, 5.74) is -0.347. The molecule has 5 nitrogen and oxygen atoms in total. The second-order valence-electron chi connectivity index (χ2n) is 5.00. The van der Waals surface area contributed by atoms with E-state index in [2.05, 4.69) is 5.32 Å². The predicted molar refractivity (Wildman–Crippen MR) is 75.6 cm³/mol. The third kappa shape index (κ3) is 3.29. The Balaban J connectivity index is 3.03. The largest absolute Gasteiger partial charge is 0.507 e. The van der Waals surface area contributed by atoms with Crippen LogP contribution in [0.5, 0.6) is 5.75 Å². The van der Waals surface area contributed by atoms with Gasteiger partial charge in [-0.3, -0.25) is 4.79 Å². The molecule has 1 unspecified atom stereocenters. The molecule has 2 N–H and O–H groups in total. The van der Waals surface area contributed by atoms with E-state index in [4.69, 9.17) is 4.74 Å². The minimum absolute atomic E-state index is 0.0753. The number of hydrogen-bond donors (Lipinski definition) is 2. The summed E-state index contributed by atoms with van der Waals surface area (Å²) in [5, 5.41) is 12.6. The molecular weight excluding hydrogens is 258 g/mol. The molecule has 1 rings (SSSR count). The van der Waals surface area contributed by atoms with Gasteiger partial charge in [-0.15, -0.1) is 0 Å². The monoisotopic (exact) mass is 279 g/mol. The molecule has 0 saturated heterocycles. The van der Waals surface area contributed by atoms with Crippen LogP contribution in [0, 0.1) is 6.92 Å². The molecule has 0 aliphatic carbocycles. The first kappa shape index (κ1) is 16.0. The Bertz CT molecular complexity index is 513. The van der Waals surface area contributed by atoms with Crippen LogP contribution >= 0.6 is 0 Å². The van der Waals surface area contributed by atoms with Crippen molar-refractivity contribution in [1.29, 1.82) is 0 Å². The highest BCUT2D eigenvalue weighted by Crippen LogP contribution is 2.23. The standard InChI is InChI=1S/C15H21NO4/c1-5-9-15(3,14(19)20-4)16-13(18)11-8-6-7-10(2)12(11)17/h6-8,17H,5,9H2,1-4H3,(H,16,18). The molecule has 0 spiro atoms. The molecule has 1 amide bonds. The molecular formula is C15H21NO4. The topological polar surface area (TPSA) is 75.6 Å². The van der Waals surface area contributed by atoms with E-state index in [0.29, 0.717) is 18.4 Å². The van der Waals surface area contributed by atoms with Gasteiger partial charge < -0.3 is 15.2 Å². The van der Waals surface area contributed by atoms with E-state index in [-0.39, 0.29) is 11.3 Å². The van der Waals surface area contributed by atoms with Crippen molar-refractivity contribution >= 4 is 11.9 Å². The van der Waals surface area contributed by atoms with Crippen LogP contribution in [0.25, 0.3) is 0 Å². The average Bonchev–Trinajstić information content (AvgIpc) is 2.40. The molecule has 1 aromatic rings. The van der Waals surface area contributed by atoms with Gasteiger partial charge in [0.2, 0.25) is 0 Å². The number of carbonyl (C=O) groups excluding carboxylic acids is 2. The van der Waals surface area contributed by atoms with Crippen molar-refractivity contribution in [2.24, 2.45) is 0 Å². The van der Waals surface area contributed by atoms with Gasteiger partial charge in [0.15, 0.2) is 0 Å². The van der Waals surface area contributed by atoms with E-state index < -0.39 is 17.4 Å². The summed E-state index contributed by atoms with van der Waals surface area (Å²) in [5.74, 6) is -1.07. The SMILES string of the molecule is CCCC(C)(NC(=O)c1cccc(C)c1O)C(=O)OC. The number of aryl methyl sites for hydroxylation is 1. The molecule has 1 atom stereocenters. The first-order chi connectivity index (χ1) is 9.35. The number of ether oxygens (including phenoxy) is 1. The van der Waals surface area contributed by atoms with Gasteiger partial charge in [-0.1, -0.05) is 25.5 Å². The van der Waals surface area contributed by atoms with Gasteiger partial charge in [0.1, 0.15) is 11.3 Å². The van der Waals surface area contributed by atoms with Gasteiger partial charge in [-0.05, 0) is 31.9 Å². The van der Waals surface area contributed by atoms with Crippen molar-refractivity contribution in [3.05, 3.63) is 29.3 Å². The maximum absolute atomic E-state index is 12.2. The first-order valence-corrected chi connectivity index (χ1v) is 6.55. The summed E-state index contributed by atoms with van der Waals surface area (Å²) >= 11 is 0. The zero-order chi connectivity index (χ0) is 15.3. The van der Waals surface area contributed by atoms with Crippen molar-refractivity contribution in [1.82, 2.24) is 5.32 Å². The first-order valence-electron chi connectivity index (χ1n) is 6.55. The van der Waals surface area contributed by atoms with Gasteiger partial charge in [-0.2, -0.15) is 0 Å². The molecule has 1 aromatic carbocycles. The van der Waals surface area contributed by atoms with Crippen LogP contribution in [0.15, 0.2) is 18.2 Å². The molecule has 0 aliphatic heterocycles. The van der Waals surface area contributed by atoms with E-state index in [1.807, 2.05) is 6.92 Å². The highest BCUT2D eigenvalue weighted by atomic mass is 16.5. The minimum atomic E-state index is -1.10. The highest BCUT2D eigenvalue weighted by Gasteiger charge is 2.35. The summed E-state index contributed by atoms with van der Waals surface area (Å²) in [4.78, 5) is 24.1. The van der Waals surface area contributed by atoms with E-state index >= 15 is 0 Å². The van der Waals surface area contributed by atoms with Crippen LogP contribution in [0.1, 0.15) is 42.6 Å². The lowest BCUT2D eigenvalue weighted by atomic mass is 9.95. The lowest BCUT2D eigenvalue weighted by Gasteiger charge is -2.27. The van der Waals surface area contributed by atoms with Crippen LogP contribution in [0.2, 0.25) is 0 Å². The number of para-hydroxylation sites is 1. The number of phenols is 1. The number of hydrogen-bond acceptors (Lipinski definition) is 4. The van der Waals surface area contributed by atoms with Crippen molar-refractivity contribution < 1.29 is 19.4 Å². The summed E-state index contributed by atoms with van der Waals surface area (Å²) < 4.78 is 4.74. The number of esters is 1. The number of phenolic OH excluding ortho intramolecular Hbond substituents is 1. The Labute approximate surface area is 118 Å². The Morgan fingerprint density at radius 3 is 2.60 bits per heavy atom. The van der Waals surface area contributed by atoms with E-state index in [9.17, 15) is 14.7 Å². The lowest BCUT2D eigenvalue weighted by Crippen LogP contribution is -2.52. The van der Waals surface area contributed by atoms with Crippen LogP contribution in [0.3, 0.4) is 0 Å². The van der Waals surface area contributed by atoms with Crippen molar-refractivity contribution in [2.75, 3.05) is 7.11 Å². The van der Waals surface area contributed by atoms with E-state index in [0.717, 1.165) is 0 Å². The molecule has 0 aromatic heterocycles. The third-order valence-corrected chi connectivity index (χ3v) is 3.26. The van der Waals surface area contributed by atoms with E-state index in [1.165, 1.54) is 13.2 Å². The van der Waals surface area contributed by atoms with Gasteiger partial charge in [0, 0.05) is 0 Å². The van der Waals surface area contributed by atoms with Gasteiger partial charge in [-0.25, -0.2) is 4.79 Å². The Morgan fingerprint density at radius 1 is 1.40 bits per heavy atom. The zero-order valence-corrected chi connectivity index (χ0v) is 12.3. The van der Waals surface area contributed by atoms with E-state index in [1.54, 1.807) is 26.0 Å². The fourth-order valence-electron chi connectivity index (χ4n) is 2.10. The number of carbonyl (C=O) groups is 2. The highest BCUT2D eigenvalue weighted by molar-refractivity contribution is 6.00. The van der Waals surface area contributed by atoms with Crippen molar-refractivity contribution in [3.8, 4) is 5.75 Å². The summed E-state index contributed by atoms with van der Waals surface area (Å²) in [6, 6.07) is 4.90. The Morgan fingerprint density at radius 2 is 2.05 bits per heavy atom. The molecule has 5 heteroatoms. The Kier molecular flexibility index (Phi) is 5.13. The number of aromatic hydroxyl groups is 1. The molecule has 0 saturated carbocycles. The smallest absolute Gasteiger partial charge is 0.331 e. The molecule has 0 fully saturated rings. The fourth-order valence-corrected chi connectivity index (χ4v) is 2.10. The van der Waals surface area contributed by atoms with Crippen LogP contribution < -0.4 is 5.32 Å². The van der Waals surface area contributed by atoms with Crippen LogP contribution in [-0.4, -0.2) is 29.6 Å². The summed E-state index contributed by atoms with van der Waals surface area (Å²) in [6.45, 7) is 5.24. The number of nitrogens with one attached hydrogen (secondary N) is 1. The molecule has 110 valence electrons. The van der Waals surface area contributed by atoms with Crippen LogP contribution in [0.4, 0.5) is 0 Å². The number of rotatable bonds is 5. The molecule has 0 heterocycles. The maximum Gasteiger partial charge on any atom is 0.331 e. The number of amides is 1. The normalized spacial score (nSPS) is 13.4. The Hall–Kier alpha value is -2.04. The second kappa shape index (κ2) is 6.41. The fraction of sp³-hybridized carbons (Fsp3) is 0.467. The maximum atomic E-state index is 12.2. The third-order valence-electron chi connectivity index (χ3n) is 3.26. The predicted octanol–water partition coefficient (Wildman–Crippen LogP) is 2.16. The molecule has 0 radical (unpaired) electrons. The summed E-state index contributed by atoms with van der Waals surface area (Å²) in [7, 11) is 1.28. The van der Waals surface area contributed by atoms with Gasteiger partial charge in [0.05, 0.1) is 12.7 Å². The van der Waals surface area contributed by atoms with Gasteiger partial charge >= 0.3 is 5.97 Å². The lowest BCUT2D eigenvalue weighted by molar-refractivity contribution is -0.147. The average molecular weight is 279 g/mol. The van der Waals surface area contributed by atoms with Crippen LogP contribution in [-0.2, 0) is 9.53 Å². The minimum Gasteiger partial charge on any atom is -0.507 e. The molecule has 20 heavy (non-hydrogen) atoms. The molecule has 0 aliphatic rings. The molecule has 0 bridgehead atoms. The van der Waals surface area contributed by atoms with Crippen molar-refractivity contribution in [2.45, 2.75) is 39.2 Å². The van der Waals surface area contributed by atoms with Crippen molar-refractivity contribution in [3.63, 3.8) is 0 Å². The quantitative estimate of drug-likeness (QED) is 0.810. The number of benzene rings is 1. The zero-order valence-electron chi connectivity index (χ0n) is 12.3.